The predicted molar refractivity (Wildman–Crippen MR) is 78.7 cm³/mol. The molecule has 0 radical (unpaired) electrons. The maximum absolute atomic E-state index is 12.1. The smallest absolute Gasteiger partial charge is 0.241 e. The Labute approximate surface area is 120 Å². The molecule has 7 heteroatoms. The van der Waals surface area contributed by atoms with Gasteiger partial charge in [-0.25, -0.2) is 13.1 Å². The number of nitrogens with two attached hydrogens (primary N) is 1. The van der Waals surface area contributed by atoms with Crippen molar-refractivity contribution in [2.75, 3.05) is 25.4 Å². The number of nitrogens with zero attached hydrogens (tertiary/aromatic N) is 1. The molecular formula is C13H21N3O3S. The molecule has 112 valence electrons. The Morgan fingerprint density at radius 1 is 1.25 bits per heavy atom. The second kappa shape index (κ2) is 6.71. The minimum absolute atomic E-state index is 0.0716. The third-order valence-corrected chi connectivity index (χ3v) is 4.29. The van der Waals surface area contributed by atoms with E-state index in [1.165, 1.54) is 12.1 Å². The van der Waals surface area contributed by atoms with Crippen LogP contribution in [0.15, 0.2) is 23.1 Å². The number of hydrogen-bond acceptors (Lipinski definition) is 4. The van der Waals surface area contributed by atoms with E-state index in [2.05, 4.69) is 4.72 Å². The maximum atomic E-state index is 12.1. The molecule has 0 aliphatic carbocycles. The largest absolute Gasteiger partial charge is 0.399 e. The summed E-state index contributed by atoms with van der Waals surface area (Å²) in [6.45, 7) is 6.30. The first-order chi connectivity index (χ1) is 9.30. The molecule has 0 aliphatic rings. The second-order valence-electron chi connectivity index (χ2n) is 4.47. The van der Waals surface area contributed by atoms with E-state index in [4.69, 9.17) is 5.73 Å². The number of amides is 1. The van der Waals surface area contributed by atoms with Crippen LogP contribution in [0.1, 0.15) is 19.4 Å². The Hall–Kier alpha value is -1.60. The minimum Gasteiger partial charge on any atom is -0.399 e. The van der Waals surface area contributed by atoms with E-state index in [9.17, 15) is 13.2 Å². The predicted octanol–water partition coefficient (Wildman–Crippen LogP) is 0.724. The maximum Gasteiger partial charge on any atom is 0.241 e. The highest BCUT2D eigenvalue weighted by Crippen LogP contribution is 2.15. The number of carbonyl (C=O) groups is 1. The van der Waals surface area contributed by atoms with Crippen molar-refractivity contribution in [2.24, 2.45) is 0 Å². The van der Waals surface area contributed by atoms with E-state index in [0.717, 1.165) is 5.56 Å². The normalized spacial score (nSPS) is 11.3. The molecule has 0 spiro atoms. The number of likely N-dealkylation sites (N-methyl/N-ethyl adjacent to an activating group) is 1. The summed E-state index contributed by atoms with van der Waals surface area (Å²) in [5.74, 6) is -0.251. The fraction of sp³-hybridized carbons (Fsp3) is 0.462. The van der Waals surface area contributed by atoms with Gasteiger partial charge in [0.05, 0.1) is 11.4 Å². The van der Waals surface area contributed by atoms with Gasteiger partial charge >= 0.3 is 0 Å². The molecule has 0 unspecified atom stereocenters. The highest BCUT2D eigenvalue weighted by atomic mass is 32.2. The van der Waals surface area contributed by atoms with Crippen LogP contribution in [0, 0.1) is 6.92 Å². The van der Waals surface area contributed by atoms with Crippen LogP contribution in [0.4, 0.5) is 5.69 Å². The summed E-state index contributed by atoms with van der Waals surface area (Å²) in [6.07, 6.45) is 0. The Balaban J connectivity index is 2.83. The van der Waals surface area contributed by atoms with Gasteiger partial charge in [0, 0.05) is 18.8 Å². The van der Waals surface area contributed by atoms with Gasteiger partial charge in [0.1, 0.15) is 0 Å². The van der Waals surface area contributed by atoms with Gasteiger partial charge in [-0.3, -0.25) is 4.79 Å². The molecule has 1 aromatic carbocycles. The number of aryl methyl sites for hydroxylation is 1. The summed E-state index contributed by atoms with van der Waals surface area (Å²) < 4.78 is 26.5. The van der Waals surface area contributed by atoms with Crippen molar-refractivity contribution < 1.29 is 13.2 Å². The molecule has 0 fully saturated rings. The molecule has 1 rings (SSSR count). The van der Waals surface area contributed by atoms with Gasteiger partial charge in [0.25, 0.3) is 0 Å². The zero-order valence-electron chi connectivity index (χ0n) is 12.0. The molecule has 0 saturated carbocycles. The van der Waals surface area contributed by atoms with Gasteiger partial charge in [-0.1, -0.05) is 0 Å². The Morgan fingerprint density at radius 3 is 2.35 bits per heavy atom. The summed E-state index contributed by atoms with van der Waals surface area (Å²) in [4.78, 5) is 13.4. The third kappa shape index (κ3) is 4.21. The first-order valence-corrected chi connectivity index (χ1v) is 7.93. The lowest BCUT2D eigenvalue weighted by atomic mass is 10.2. The second-order valence-corrected chi connectivity index (χ2v) is 6.24. The van der Waals surface area contributed by atoms with E-state index in [1.54, 1.807) is 17.9 Å². The van der Waals surface area contributed by atoms with Crippen LogP contribution in [0.3, 0.4) is 0 Å². The molecule has 6 nitrogen and oxygen atoms in total. The standard InChI is InChI=1S/C13H21N3O3S/c1-4-16(5-2)13(17)9-15-20(18,19)12-7-10(3)6-11(14)8-12/h6-8,15H,4-5,9,14H2,1-3H3. The molecule has 0 aromatic heterocycles. The van der Waals surface area contributed by atoms with Gasteiger partial charge in [0.15, 0.2) is 0 Å². The van der Waals surface area contributed by atoms with Gasteiger partial charge < -0.3 is 10.6 Å². The van der Waals surface area contributed by atoms with Gasteiger partial charge in [0.2, 0.25) is 15.9 Å². The summed E-state index contributed by atoms with van der Waals surface area (Å²) in [7, 11) is -3.73. The monoisotopic (exact) mass is 299 g/mol. The van der Waals surface area contributed by atoms with E-state index in [0.29, 0.717) is 18.8 Å². The van der Waals surface area contributed by atoms with Crippen LogP contribution < -0.4 is 10.5 Å². The number of sulfonamides is 1. The van der Waals surface area contributed by atoms with Crippen LogP contribution in [-0.4, -0.2) is 38.9 Å². The van der Waals surface area contributed by atoms with E-state index < -0.39 is 10.0 Å². The van der Waals surface area contributed by atoms with E-state index in [-0.39, 0.29) is 17.3 Å². The van der Waals surface area contributed by atoms with Crippen molar-refractivity contribution >= 4 is 21.6 Å². The fourth-order valence-corrected chi connectivity index (χ4v) is 2.97. The molecule has 0 saturated heterocycles. The number of hydrogen-bond donors (Lipinski definition) is 2. The lowest BCUT2D eigenvalue weighted by Gasteiger charge is -2.18. The SMILES string of the molecule is CCN(CC)C(=O)CNS(=O)(=O)c1cc(C)cc(N)c1. The molecule has 20 heavy (non-hydrogen) atoms. The molecule has 0 heterocycles. The molecule has 0 aliphatic heterocycles. The summed E-state index contributed by atoms with van der Waals surface area (Å²) >= 11 is 0. The highest BCUT2D eigenvalue weighted by Gasteiger charge is 2.18. The lowest BCUT2D eigenvalue weighted by molar-refractivity contribution is -0.129. The first-order valence-electron chi connectivity index (χ1n) is 6.44. The van der Waals surface area contributed by atoms with Crippen molar-refractivity contribution in [2.45, 2.75) is 25.7 Å². The van der Waals surface area contributed by atoms with Crippen molar-refractivity contribution in [1.82, 2.24) is 9.62 Å². The molecular weight excluding hydrogens is 278 g/mol. The molecule has 1 amide bonds. The number of rotatable bonds is 6. The van der Waals surface area contributed by atoms with Crippen LogP contribution in [-0.2, 0) is 14.8 Å². The van der Waals surface area contributed by atoms with Crippen molar-refractivity contribution in [3.8, 4) is 0 Å². The van der Waals surface area contributed by atoms with Crippen LogP contribution in [0.2, 0.25) is 0 Å². The Morgan fingerprint density at radius 2 is 1.85 bits per heavy atom. The van der Waals surface area contributed by atoms with Crippen molar-refractivity contribution in [3.63, 3.8) is 0 Å². The van der Waals surface area contributed by atoms with Crippen LogP contribution in [0.25, 0.3) is 0 Å². The Kier molecular flexibility index (Phi) is 5.52. The fourth-order valence-electron chi connectivity index (χ4n) is 1.86. The summed E-state index contributed by atoms with van der Waals surface area (Å²) in [5.41, 5.74) is 6.76. The zero-order valence-corrected chi connectivity index (χ0v) is 12.8. The van der Waals surface area contributed by atoms with Gasteiger partial charge in [-0.05, 0) is 44.5 Å². The zero-order chi connectivity index (χ0) is 15.3. The average molecular weight is 299 g/mol. The number of nitrogens with one attached hydrogen (secondary N) is 1. The van der Waals surface area contributed by atoms with Crippen LogP contribution >= 0.6 is 0 Å². The number of nitrogen functional groups attached to an aromatic ring is 1. The van der Waals surface area contributed by atoms with Crippen molar-refractivity contribution in [3.05, 3.63) is 23.8 Å². The van der Waals surface area contributed by atoms with Crippen LogP contribution in [0.5, 0.6) is 0 Å². The quantitative estimate of drug-likeness (QED) is 0.757. The number of benzene rings is 1. The highest BCUT2D eigenvalue weighted by molar-refractivity contribution is 7.89. The number of anilines is 1. The average Bonchev–Trinajstić information content (AvgIpc) is 2.37. The first kappa shape index (κ1) is 16.5. The van der Waals surface area contributed by atoms with Crippen molar-refractivity contribution in [1.29, 1.82) is 0 Å². The molecule has 1 aromatic rings. The molecule has 0 atom stereocenters. The summed E-state index contributed by atoms with van der Waals surface area (Å²) in [6, 6.07) is 4.57. The molecule has 0 bridgehead atoms. The lowest BCUT2D eigenvalue weighted by Crippen LogP contribution is -2.39. The Bertz CT molecular complexity index is 560. The van der Waals surface area contributed by atoms with Gasteiger partial charge in [-0.2, -0.15) is 0 Å². The summed E-state index contributed by atoms with van der Waals surface area (Å²) in [5, 5.41) is 0. The third-order valence-electron chi connectivity index (χ3n) is 2.91. The number of carbonyl (C=O) groups excluding carboxylic acids is 1. The minimum atomic E-state index is -3.73. The van der Waals surface area contributed by atoms with Gasteiger partial charge in [-0.15, -0.1) is 0 Å². The van der Waals surface area contributed by atoms with E-state index in [1.807, 2.05) is 13.8 Å². The van der Waals surface area contributed by atoms with E-state index >= 15 is 0 Å². The molecule has 3 N–H and O–H groups in total. The topological polar surface area (TPSA) is 92.5 Å².